The SMILES string of the molecule is CCCOc1ccc(CC(=O)OC)c(Cl)c1. The fraction of sp³-hybridized carbons (Fsp3) is 0.417. The summed E-state index contributed by atoms with van der Waals surface area (Å²) in [4.78, 5) is 11.1. The van der Waals surface area contributed by atoms with Gasteiger partial charge in [-0.05, 0) is 24.1 Å². The number of carbonyl (C=O) groups is 1. The van der Waals surface area contributed by atoms with Gasteiger partial charge in [0.25, 0.3) is 0 Å². The highest BCUT2D eigenvalue weighted by Crippen LogP contribution is 2.23. The van der Waals surface area contributed by atoms with Crippen LogP contribution in [0.1, 0.15) is 18.9 Å². The van der Waals surface area contributed by atoms with Crippen LogP contribution in [0, 0.1) is 0 Å². The summed E-state index contributed by atoms with van der Waals surface area (Å²) in [6.45, 7) is 2.69. The Bertz CT molecular complexity index is 363. The van der Waals surface area contributed by atoms with Crippen molar-refractivity contribution in [3.05, 3.63) is 28.8 Å². The van der Waals surface area contributed by atoms with E-state index in [4.69, 9.17) is 16.3 Å². The Balaban J connectivity index is 2.71. The van der Waals surface area contributed by atoms with Crippen molar-refractivity contribution in [1.29, 1.82) is 0 Å². The molecule has 0 unspecified atom stereocenters. The Morgan fingerprint density at radius 1 is 1.44 bits per heavy atom. The van der Waals surface area contributed by atoms with E-state index in [-0.39, 0.29) is 12.4 Å². The van der Waals surface area contributed by atoms with E-state index in [2.05, 4.69) is 4.74 Å². The first-order chi connectivity index (χ1) is 7.67. The van der Waals surface area contributed by atoms with E-state index < -0.39 is 0 Å². The Labute approximate surface area is 100 Å². The van der Waals surface area contributed by atoms with Crippen LogP contribution < -0.4 is 4.74 Å². The lowest BCUT2D eigenvalue weighted by Gasteiger charge is -2.07. The molecule has 0 spiro atoms. The number of halogens is 1. The van der Waals surface area contributed by atoms with Crippen molar-refractivity contribution >= 4 is 17.6 Å². The first-order valence-corrected chi connectivity index (χ1v) is 5.53. The van der Waals surface area contributed by atoms with E-state index in [0.29, 0.717) is 11.6 Å². The van der Waals surface area contributed by atoms with E-state index >= 15 is 0 Å². The topological polar surface area (TPSA) is 35.5 Å². The van der Waals surface area contributed by atoms with Crippen LogP contribution in [0.2, 0.25) is 5.02 Å². The van der Waals surface area contributed by atoms with Crippen LogP contribution in [-0.4, -0.2) is 19.7 Å². The van der Waals surface area contributed by atoms with Crippen molar-refractivity contribution in [3.8, 4) is 5.75 Å². The monoisotopic (exact) mass is 242 g/mol. The van der Waals surface area contributed by atoms with E-state index in [0.717, 1.165) is 17.7 Å². The lowest BCUT2D eigenvalue weighted by atomic mass is 10.1. The molecule has 0 radical (unpaired) electrons. The van der Waals surface area contributed by atoms with Crippen molar-refractivity contribution < 1.29 is 14.3 Å². The zero-order valence-electron chi connectivity index (χ0n) is 9.46. The molecule has 0 aliphatic carbocycles. The molecule has 88 valence electrons. The number of rotatable bonds is 5. The standard InChI is InChI=1S/C12H15ClO3/c1-3-6-16-10-5-4-9(11(13)8-10)7-12(14)15-2/h4-5,8H,3,6-7H2,1-2H3. The third-order valence-corrected chi connectivity index (χ3v) is 2.41. The summed E-state index contributed by atoms with van der Waals surface area (Å²) >= 11 is 6.02. The zero-order valence-corrected chi connectivity index (χ0v) is 10.2. The van der Waals surface area contributed by atoms with E-state index in [1.165, 1.54) is 7.11 Å². The molecular formula is C12H15ClO3. The van der Waals surface area contributed by atoms with Crippen molar-refractivity contribution in [3.63, 3.8) is 0 Å². The molecule has 0 amide bonds. The second kappa shape index (κ2) is 6.38. The molecule has 0 aromatic heterocycles. The van der Waals surface area contributed by atoms with Crippen LogP contribution in [0.4, 0.5) is 0 Å². The Hall–Kier alpha value is -1.22. The van der Waals surface area contributed by atoms with Gasteiger partial charge >= 0.3 is 5.97 Å². The van der Waals surface area contributed by atoms with Crippen molar-refractivity contribution in [1.82, 2.24) is 0 Å². The van der Waals surface area contributed by atoms with E-state index in [1.807, 2.05) is 6.92 Å². The summed E-state index contributed by atoms with van der Waals surface area (Å²) < 4.78 is 10.00. The Morgan fingerprint density at radius 3 is 2.75 bits per heavy atom. The molecule has 4 heteroatoms. The van der Waals surface area contributed by atoms with Crippen LogP contribution in [-0.2, 0) is 16.0 Å². The van der Waals surface area contributed by atoms with Crippen LogP contribution in [0.25, 0.3) is 0 Å². The van der Waals surface area contributed by atoms with E-state index in [9.17, 15) is 4.79 Å². The van der Waals surface area contributed by atoms with Gasteiger partial charge in [-0.1, -0.05) is 24.6 Å². The van der Waals surface area contributed by atoms with Gasteiger partial charge in [0.1, 0.15) is 5.75 Å². The van der Waals surface area contributed by atoms with Crippen LogP contribution in [0.3, 0.4) is 0 Å². The Morgan fingerprint density at radius 2 is 2.19 bits per heavy atom. The van der Waals surface area contributed by atoms with Gasteiger partial charge in [-0.15, -0.1) is 0 Å². The summed E-state index contributed by atoms with van der Waals surface area (Å²) in [5.74, 6) is 0.421. The molecular weight excluding hydrogens is 228 g/mol. The molecule has 0 aliphatic heterocycles. The van der Waals surface area contributed by atoms with Crippen molar-refractivity contribution in [2.75, 3.05) is 13.7 Å². The summed E-state index contributed by atoms with van der Waals surface area (Å²) in [7, 11) is 1.36. The zero-order chi connectivity index (χ0) is 12.0. The number of hydrogen-bond acceptors (Lipinski definition) is 3. The smallest absolute Gasteiger partial charge is 0.310 e. The molecule has 1 rings (SSSR count). The molecule has 16 heavy (non-hydrogen) atoms. The normalized spacial score (nSPS) is 9.94. The van der Waals surface area contributed by atoms with E-state index in [1.54, 1.807) is 18.2 Å². The van der Waals surface area contributed by atoms with Gasteiger partial charge in [0.15, 0.2) is 0 Å². The minimum Gasteiger partial charge on any atom is -0.494 e. The maximum Gasteiger partial charge on any atom is 0.310 e. The largest absolute Gasteiger partial charge is 0.494 e. The van der Waals surface area contributed by atoms with Gasteiger partial charge in [0.2, 0.25) is 0 Å². The van der Waals surface area contributed by atoms with Gasteiger partial charge < -0.3 is 9.47 Å². The molecule has 0 bridgehead atoms. The molecule has 0 saturated carbocycles. The predicted octanol–water partition coefficient (Wildman–Crippen LogP) is 2.84. The molecule has 0 saturated heterocycles. The second-order valence-corrected chi connectivity index (χ2v) is 3.76. The lowest BCUT2D eigenvalue weighted by Crippen LogP contribution is -2.05. The quantitative estimate of drug-likeness (QED) is 0.745. The molecule has 1 aromatic rings. The molecule has 0 N–H and O–H groups in total. The second-order valence-electron chi connectivity index (χ2n) is 3.35. The molecule has 0 heterocycles. The fourth-order valence-electron chi connectivity index (χ4n) is 1.21. The van der Waals surface area contributed by atoms with Gasteiger partial charge in [-0.3, -0.25) is 4.79 Å². The average Bonchev–Trinajstić information content (AvgIpc) is 2.29. The number of hydrogen-bond donors (Lipinski definition) is 0. The number of benzene rings is 1. The molecule has 0 fully saturated rings. The van der Waals surface area contributed by atoms with Gasteiger partial charge in [0.05, 0.1) is 20.1 Å². The fourth-order valence-corrected chi connectivity index (χ4v) is 1.45. The average molecular weight is 243 g/mol. The van der Waals surface area contributed by atoms with Crippen molar-refractivity contribution in [2.24, 2.45) is 0 Å². The van der Waals surface area contributed by atoms with Crippen LogP contribution >= 0.6 is 11.6 Å². The summed E-state index contributed by atoms with van der Waals surface area (Å²) in [6, 6.07) is 5.31. The maximum atomic E-state index is 11.1. The third-order valence-electron chi connectivity index (χ3n) is 2.06. The highest BCUT2D eigenvalue weighted by atomic mass is 35.5. The van der Waals surface area contributed by atoms with Gasteiger partial charge in [-0.25, -0.2) is 0 Å². The molecule has 0 aliphatic rings. The Kier molecular flexibility index (Phi) is 5.12. The number of carbonyl (C=O) groups excluding carboxylic acids is 1. The summed E-state index contributed by atoms with van der Waals surface area (Å²) in [5.41, 5.74) is 0.748. The number of methoxy groups -OCH3 is 1. The maximum absolute atomic E-state index is 11.1. The number of ether oxygens (including phenoxy) is 2. The summed E-state index contributed by atoms with van der Waals surface area (Å²) in [6.07, 6.45) is 1.13. The first-order valence-electron chi connectivity index (χ1n) is 5.15. The van der Waals surface area contributed by atoms with Crippen molar-refractivity contribution in [2.45, 2.75) is 19.8 Å². The minimum atomic E-state index is -0.302. The van der Waals surface area contributed by atoms with Gasteiger partial charge in [0, 0.05) is 5.02 Å². The molecule has 3 nitrogen and oxygen atoms in total. The van der Waals surface area contributed by atoms with Gasteiger partial charge in [-0.2, -0.15) is 0 Å². The van der Waals surface area contributed by atoms with Crippen LogP contribution in [0.15, 0.2) is 18.2 Å². The first kappa shape index (κ1) is 12.8. The summed E-state index contributed by atoms with van der Waals surface area (Å²) in [5, 5.41) is 0.527. The molecule has 0 atom stereocenters. The third kappa shape index (κ3) is 3.74. The number of esters is 1. The highest BCUT2D eigenvalue weighted by molar-refractivity contribution is 6.31. The predicted molar refractivity (Wildman–Crippen MR) is 63.0 cm³/mol. The lowest BCUT2D eigenvalue weighted by molar-refractivity contribution is -0.139. The van der Waals surface area contributed by atoms with Crippen LogP contribution in [0.5, 0.6) is 5.75 Å². The highest BCUT2D eigenvalue weighted by Gasteiger charge is 2.07. The minimum absolute atomic E-state index is 0.184. The molecule has 1 aromatic carbocycles.